The van der Waals surface area contributed by atoms with Crippen LogP contribution in [0.3, 0.4) is 0 Å². The van der Waals surface area contributed by atoms with Crippen molar-refractivity contribution < 1.29 is 4.74 Å². The van der Waals surface area contributed by atoms with E-state index in [1.54, 1.807) is 0 Å². The van der Waals surface area contributed by atoms with Crippen LogP contribution in [0.2, 0.25) is 0 Å². The smallest absolute Gasteiger partial charge is 0.125 e. The van der Waals surface area contributed by atoms with Crippen LogP contribution in [0.1, 0.15) is 66.4 Å². The average molecular weight is 278 g/mol. The van der Waals surface area contributed by atoms with E-state index in [0.717, 1.165) is 31.3 Å². The molecule has 0 amide bonds. The number of rotatable bonds is 6. The van der Waals surface area contributed by atoms with E-state index >= 15 is 0 Å². The summed E-state index contributed by atoms with van der Waals surface area (Å²) in [6, 6.07) is 0.776. The molecule has 3 aliphatic rings. The summed E-state index contributed by atoms with van der Waals surface area (Å²) in [6.07, 6.45) is 8.95. The normalized spacial score (nSPS) is 25.3. The van der Waals surface area contributed by atoms with E-state index in [4.69, 9.17) is 9.72 Å². The highest BCUT2D eigenvalue weighted by Gasteiger charge is 2.43. The first kappa shape index (κ1) is 12.3. The van der Waals surface area contributed by atoms with E-state index < -0.39 is 0 Å². The Morgan fingerprint density at radius 1 is 1.32 bits per heavy atom. The van der Waals surface area contributed by atoms with Gasteiger partial charge in [0, 0.05) is 30.5 Å². The van der Waals surface area contributed by atoms with Crippen LogP contribution in [0.4, 0.5) is 0 Å². The summed E-state index contributed by atoms with van der Waals surface area (Å²) >= 11 is 1.91. The molecule has 104 valence electrons. The summed E-state index contributed by atoms with van der Waals surface area (Å²) in [4.78, 5) is 6.47. The third-order valence-electron chi connectivity index (χ3n) is 4.76. The van der Waals surface area contributed by atoms with E-state index in [1.165, 1.54) is 47.7 Å². The highest BCUT2D eigenvalue weighted by atomic mass is 32.1. The molecule has 4 heteroatoms. The highest BCUT2D eigenvalue weighted by Crippen LogP contribution is 2.49. The molecule has 0 radical (unpaired) electrons. The molecule has 3 aliphatic carbocycles. The van der Waals surface area contributed by atoms with Gasteiger partial charge in [0.2, 0.25) is 0 Å². The van der Waals surface area contributed by atoms with Gasteiger partial charge in [-0.15, -0.1) is 11.3 Å². The predicted octanol–water partition coefficient (Wildman–Crippen LogP) is 3.30. The van der Waals surface area contributed by atoms with Crippen molar-refractivity contribution in [1.82, 2.24) is 10.3 Å². The van der Waals surface area contributed by atoms with Crippen molar-refractivity contribution in [2.75, 3.05) is 7.11 Å². The van der Waals surface area contributed by atoms with Gasteiger partial charge in [-0.2, -0.15) is 0 Å². The Hall–Kier alpha value is -0.450. The van der Waals surface area contributed by atoms with Crippen LogP contribution < -0.4 is 5.32 Å². The number of ether oxygens (including phenoxy) is 1. The molecule has 1 aromatic rings. The molecule has 1 heterocycles. The molecule has 1 aromatic heterocycles. The Balaban J connectivity index is 1.58. The molecule has 3 saturated carbocycles. The van der Waals surface area contributed by atoms with Crippen molar-refractivity contribution in [2.24, 2.45) is 0 Å². The van der Waals surface area contributed by atoms with Crippen LogP contribution in [0.5, 0.6) is 0 Å². The fourth-order valence-electron chi connectivity index (χ4n) is 2.89. The molecular formula is C15H22N2OS. The second-order valence-corrected chi connectivity index (χ2v) is 7.39. The number of aromatic nitrogens is 1. The van der Waals surface area contributed by atoms with Gasteiger partial charge in [-0.1, -0.05) is 0 Å². The van der Waals surface area contributed by atoms with E-state index in [1.807, 2.05) is 18.4 Å². The first-order valence-electron chi connectivity index (χ1n) is 7.59. The Morgan fingerprint density at radius 2 is 2.11 bits per heavy atom. The van der Waals surface area contributed by atoms with Crippen molar-refractivity contribution in [2.45, 2.75) is 69.1 Å². The van der Waals surface area contributed by atoms with Gasteiger partial charge in [0.25, 0.3) is 0 Å². The largest absolute Gasteiger partial charge is 0.371 e. The number of nitrogens with one attached hydrogen (secondary N) is 1. The lowest BCUT2D eigenvalue weighted by Gasteiger charge is -2.38. The van der Waals surface area contributed by atoms with Gasteiger partial charge in [-0.3, -0.25) is 0 Å². The summed E-state index contributed by atoms with van der Waals surface area (Å²) in [5.41, 5.74) is 1.35. The van der Waals surface area contributed by atoms with Crippen LogP contribution in [-0.4, -0.2) is 18.1 Å². The van der Waals surface area contributed by atoms with Gasteiger partial charge in [-0.25, -0.2) is 4.98 Å². The van der Waals surface area contributed by atoms with Gasteiger partial charge in [0.15, 0.2) is 0 Å². The number of hydrogen-bond donors (Lipinski definition) is 1. The molecule has 0 aromatic carbocycles. The van der Waals surface area contributed by atoms with E-state index in [2.05, 4.69) is 5.32 Å². The van der Waals surface area contributed by atoms with Crippen LogP contribution in [-0.2, 0) is 16.9 Å². The minimum Gasteiger partial charge on any atom is -0.371 e. The van der Waals surface area contributed by atoms with E-state index in [0.29, 0.717) is 0 Å². The number of methoxy groups -OCH3 is 1. The Kier molecular flexibility index (Phi) is 2.94. The van der Waals surface area contributed by atoms with Crippen molar-refractivity contribution in [1.29, 1.82) is 0 Å². The van der Waals surface area contributed by atoms with Crippen LogP contribution >= 0.6 is 11.3 Å². The maximum absolute atomic E-state index is 5.79. The molecule has 1 N–H and O–H groups in total. The quantitative estimate of drug-likeness (QED) is 0.867. The molecule has 0 atom stereocenters. The Labute approximate surface area is 118 Å². The summed E-state index contributed by atoms with van der Waals surface area (Å²) in [5.74, 6) is 0.745. The number of thiazole rings is 1. The van der Waals surface area contributed by atoms with Gasteiger partial charge in [-0.05, 0) is 44.9 Å². The number of hydrogen-bond acceptors (Lipinski definition) is 4. The average Bonchev–Trinajstić information content (AvgIpc) is 3.26. The first-order valence-corrected chi connectivity index (χ1v) is 8.41. The summed E-state index contributed by atoms with van der Waals surface area (Å²) in [7, 11) is 1.85. The third kappa shape index (κ3) is 2.24. The summed E-state index contributed by atoms with van der Waals surface area (Å²) in [6.45, 7) is 1.02. The van der Waals surface area contributed by atoms with Crippen molar-refractivity contribution in [3.63, 3.8) is 0 Å². The molecule has 4 rings (SSSR count). The van der Waals surface area contributed by atoms with Gasteiger partial charge in [0.05, 0.1) is 5.69 Å². The second kappa shape index (κ2) is 4.54. The molecule has 0 aliphatic heterocycles. The summed E-state index contributed by atoms with van der Waals surface area (Å²) in [5, 5.41) is 4.89. The Bertz CT molecular complexity index is 467. The van der Waals surface area contributed by atoms with E-state index in [9.17, 15) is 0 Å². The standard InChI is InChI=1S/C15H22N2OS/c1-18-15(7-2-8-15)14-17-13(10-3-4-10)12(19-14)9-16-11-5-6-11/h10-11,16H,2-9H2,1H3. The van der Waals surface area contributed by atoms with Gasteiger partial charge >= 0.3 is 0 Å². The van der Waals surface area contributed by atoms with Crippen molar-refractivity contribution in [3.8, 4) is 0 Å². The zero-order valence-electron chi connectivity index (χ0n) is 11.6. The second-order valence-electron chi connectivity index (χ2n) is 6.31. The molecule has 0 unspecified atom stereocenters. The molecule has 0 bridgehead atoms. The molecule has 3 fully saturated rings. The zero-order chi connectivity index (χ0) is 12.9. The maximum Gasteiger partial charge on any atom is 0.125 e. The minimum atomic E-state index is -0.0356. The predicted molar refractivity (Wildman–Crippen MR) is 76.5 cm³/mol. The molecule has 0 saturated heterocycles. The lowest BCUT2D eigenvalue weighted by Crippen LogP contribution is -2.35. The summed E-state index contributed by atoms with van der Waals surface area (Å²) < 4.78 is 5.79. The zero-order valence-corrected chi connectivity index (χ0v) is 12.4. The van der Waals surface area contributed by atoms with Crippen molar-refractivity contribution >= 4 is 11.3 Å². The fraction of sp³-hybridized carbons (Fsp3) is 0.800. The molecule has 3 nitrogen and oxygen atoms in total. The Morgan fingerprint density at radius 3 is 2.63 bits per heavy atom. The van der Waals surface area contributed by atoms with Gasteiger partial charge < -0.3 is 10.1 Å². The first-order chi connectivity index (χ1) is 9.31. The molecule has 19 heavy (non-hydrogen) atoms. The molecule has 0 spiro atoms. The van der Waals surface area contributed by atoms with Gasteiger partial charge in [0.1, 0.15) is 10.6 Å². The monoisotopic (exact) mass is 278 g/mol. The lowest BCUT2D eigenvalue weighted by molar-refractivity contribution is -0.0780. The SMILES string of the molecule is COC1(c2nc(C3CC3)c(CNC3CC3)s2)CCC1. The lowest BCUT2D eigenvalue weighted by atomic mass is 9.80. The van der Waals surface area contributed by atoms with Crippen LogP contribution in [0.25, 0.3) is 0 Å². The topological polar surface area (TPSA) is 34.1 Å². The third-order valence-corrected chi connectivity index (χ3v) is 6.02. The number of nitrogens with zero attached hydrogens (tertiary/aromatic N) is 1. The van der Waals surface area contributed by atoms with E-state index in [-0.39, 0.29) is 5.60 Å². The minimum absolute atomic E-state index is 0.0356. The van der Waals surface area contributed by atoms with Crippen molar-refractivity contribution in [3.05, 3.63) is 15.6 Å². The molecular weight excluding hydrogens is 256 g/mol. The van der Waals surface area contributed by atoms with Crippen LogP contribution in [0.15, 0.2) is 0 Å². The highest BCUT2D eigenvalue weighted by molar-refractivity contribution is 7.11. The fourth-order valence-corrected chi connectivity index (χ4v) is 4.21. The maximum atomic E-state index is 5.79. The van der Waals surface area contributed by atoms with Crippen LogP contribution in [0, 0.1) is 0 Å².